The Morgan fingerprint density at radius 1 is 1.47 bits per heavy atom. The van der Waals surface area contributed by atoms with Gasteiger partial charge in [0.25, 0.3) is 0 Å². The number of amides is 1. The smallest absolute Gasteiger partial charge is 0.220 e. The van der Waals surface area contributed by atoms with Crippen molar-refractivity contribution >= 4 is 17.2 Å². The fraction of sp³-hybridized carbons (Fsp3) is 0.643. The maximum atomic E-state index is 11.7. The number of thiophene rings is 1. The van der Waals surface area contributed by atoms with Crippen molar-refractivity contribution in [2.45, 2.75) is 31.7 Å². The summed E-state index contributed by atoms with van der Waals surface area (Å²) in [6.07, 6.45) is 3.83. The Kier molecular flexibility index (Phi) is 5.82. The van der Waals surface area contributed by atoms with Crippen molar-refractivity contribution in [2.75, 3.05) is 26.2 Å². The molecule has 1 fully saturated rings. The maximum absolute atomic E-state index is 11.7. The van der Waals surface area contributed by atoms with Gasteiger partial charge in [0.15, 0.2) is 0 Å². The summed E-state index contributed by atoms with van der Waals surface area (Å²) in [5.74, 6) is 0.117. The van der Waals surface area contributed by atoms with Gasteiger partial charge in [0.05, 0.1) is 6.04 Å². The van der Waals surface area contributed by atoms with Crippen molar-refractivity contribution in [1.29, 1.82) is 0 Å². The van der Waals surface area contributed by atoms with Gasteiger partial charge in [-0.2, -0.15) is 0 Å². The van der Waals surface area contributed by atoms with Gasteiger partial charge in [-0.15, -0.1) is 11.3 Å². The highest BCUT2D eigenvalue weighted by Crippen LogP contribution is 2.27. The van der Waals surface area contributed by atoms with Gasteiger partial charge in [0, 0.05) is 17.8 Å². The van der Waals surface area contributed by atoms with E-state index in [0.717, 1.165) is 19.5 Å². The molecule has 0 bridgehead atoms. The molecule has 2 heterocycles. The SMILES string of the molecule is NCCCC(=O)NCC(c1cccs1)N1CCCC1. The molecule has 106 valence electrons. The van der Waals surface area contributed by atoms with Crippen LogP contribution in [0.3, 0.4) is 0 Å². The summed E-state index contributed by atoms with van der Waals surface area (Å²) in [4.78, 5) is 15.5. The Balaban J connectivity index is 1.89. The van der Waals surface area contributed by atoms with E-state index in [0.29, 0.717) is 25.6 Å². The molecule has 1 aliphatic heterocycles. The van der Waals surface area contributed by atoms with Crippen LogP contribution in [0.5, 0.6) is 0 Å². The summed E-state index contributed by atoms with van der Waals surface area (Å²) in [5.41, 5.74) is 5.42. The zero-order valence-corrected chi connectivity index (χ0v) is 12.1. The molecule has 5 heteroatoms. The minimum absolute atomic E-state index is 0.117. The second kappa shape index (κ2) is 7.62. The molecular weight excluding hydrogens is 258 g/mol. The fourth-order valence-electron chi connectivity index (χ4n) is 2.51. The average Bonchev–Trinajstić information content (AvgIpc) is 3.09. The molecule has 1 aromatic heterocycles. The van der Waals surface area contributed by atoms with Crippen LogP contribution in [0.4, 0.5) is 0 Å². The number of nitrogens with two attached hydrogens (primary N) is 1. The summed E-state index contributed by atoms with van der Waals surface area (Å²) in [6.45, 7) is 3.57. The minimum atomic E-state index is 0.117. The van der Waals surface area contributed by atoms with Gasteiger partial charge in [0.1, 0.15) is 0 Å². The molecule has 0 spiro atoms. The first-order valence-electron chi connectivity index (χ1n) is 7.05. The molecular formula is C14H23N3OS. The third-order valence-electron chi connectivity index (χ3n) is 3.55. The zero-order valence-electron chi connectivity index (χ0n) is 11.3. The number of nitrogens with zero attached hydrogens (tertiary/aromatic N) is 1. The molecule has 0 saturated carbocycles. The van der Waals surface area contributed by atoms with Crippen LogP contribution in [0.1, 0.15) is 36.6 Å². The Morgan fingerprint density at radius 3 is 2.89 bits per heavy atom. The molecule has 1 aliphatic rings. The molecule has 19 heavy (non-hydrogen) atoms. The molecule has 0 radical (unpaired) electrons. The van der Waals surface area contributed by atoms with Gasteiger partial charge < -0.3 is 11.1 Å². The Hall–Kier alpha value is -0.910. The first-order valence-corrected chi connectivity index (χ1v) is 7.93. The van der Waals surface area contributed by atoms with Crippen molar-refractivity contribution in [3.8, 4) is 0 Å². The topological polar surface area (TPSA) is 58.4 Å². The lowest BCUT2D eigenvalue weighted by molar-refractivity contribution is -0.121. The second-order valence-corrected chi connectivity index (χ2v) is 5.95. The zero-order chi connectivity index (χ0) is 13.5. The number of rotatable bonds is 7. The van der Waals surface area contributed by atoms with E-state index >= 15 is 0 Å². The summed E-state index contributed by atoms with van der Waals surface area (Å²) in [6, 6.07) is 4.59. The number of nitrogens with one attached hydrogen (secondary N) is 1. The molecule has 2 rings (SSSR count). The number of hydrogen-bond acceptors (Lipinski definition) is 4. The first-order chi connectivity index (χ1) is 9.31. The Labute approximate surface area is 119 Å². The molecule has 1 saturated heterocycles. The van der Waals surface area contributed by atoms with E-state index < -0.39 is 0 Å². The van der Waals surface area contributed by atoms with E-state index in [2.05, 4.69) is 27.7 Å². The highest BCUT2D eigenvalue weighted by Gasteiger charge is 2.24. The first kappa shape index (κ1) is 14.5. The predicted octanol–water partition coefficient (Wildman–Crippen LogP) is 1.74. The van der Waals surface area contributed by atoms with Crippen molar-refractivity contribution in [3.05, 3.63) is 22.4 Å². The molecule has 4 nitrogen and oxygen atoms in total. The van der Waals surface area contributed by atoms with Crippen LogP contribution in [-0.4, -0.2) is 37.0 Å². The molecule has 0 aliphatic carbocycles. The van der Waals surface area contributed by atoms with E-state index in [1.165, 1.54) is 17.7 Å². The normalized spacial score (nSPS) is 17.5. The van der Waals surface area contributed by atoms with E-state index in [1.807, 2.05) is 0 Å². The summed E-state index contributed by atoms with van der Waals surface area (Å²) in [7, 11) is 0. The Morgan fingerprint density at radius 2 is 2.26 bits per heavy atom. The van der Waals surface area contributed by atoms with E-state index in [-0.39, 0.29) is 5.91 Å². The van der Waals surface area contributed by atoms with Crippen LogP contribution < -0.4 is 11.1 Å². The summed E-state index contributed by atoms with van der Waals surface area (Å²) in [5, 5.41) is 5.16. The van der Waals surface area contributed by atoms with Crippen LogP contribution in [-0.2, 0) is 4.79 Å². The van der Waals surface area contributed by atoms with E-state index in [4.69, 9.17) is 5.73 Å². The quantitative estimate of drug-likeness (QED) is 0.800. The highest BCUT2D eigenvalue weighted by molar-refractivity contribution is 7.10. The highest BCUT2D eigenvalue weighted by atomic mass is 32.1. The van der Waals surface area contributed by atoms with Crippen LogP contribution in [0.15, 0.2) is 17.5 Å². The lowest BCUT2D eigenvalue weighted by Gasteiger charge is -2.26. The van der Waals surface area contributed by atoms with Crippen LogP contribution in [0.2, 0.25) is 0 Å². The number of likely N-dealkylation sites (tertiary alicyclic amines) is 1. The third kappa shape index (κ3) is 4.30. The van der Waals surface area contributed by atoms with Gasteiger partial charge in [-0.05, 0) is 50.3 Å². The van der Waals surface area contributed by atoms with Gasteiger partial charge >= 0.3 is 0 Å². The van der Waals surface area contributed by atoms with Crippen molar-refractivity contribution in [3.63, 3.8) is 0 Å². The average molecular weight is 281 g/mol. The number of hydrogen-bond donors (Lipinski definition) is 2. The lowest BCUT2D eigenvalue weighted by atomic mass is 10.2. The van der Waals surface area contributed by atoms with E-state index in [9.17, 15) is 4.79 Å². The van der Waals surface area contributed by atoms with Crippen molar-refractivity contribution in [1.82, 2.24) is 10.2 Å². The Bertz CT molecular complexity index is 374. The number of carbonyl (C=O) groups is 1. The summed E-state index contributed by atoms with van der Waals surface area (Å²) >= 11 is 1.77. The van der Waals surface area contributed by atoms with Crippen molar-refractivity contribution in [2.24, 2.45) is 5.73 Å². The number of carbonyl (C=O) groups excluding carboxylic acids is 1. The van der Waals surface area contributed by atoms with Crippen LogP contribution in [0.25, 0.3) is 0 Å². The lowest BCUT2D eigenvalue weighted by Crippen LogP contribution is -2.36. The molecule has 0 aromatic carbocycles. The molecule has 1 amide bonds. The molecule has 1 atom stereocenters. The van der Waals surface area contributed by atoms with Crippen LogP contribution in [0, 0.1) is 0 Å². The van der Waals surface area contributed by atoms with Gasteiger partial charge in [0.2, 0.25) is 5.91 Å². The molecule has 1 aromatic rings. The van der Waals surface area contributed by atoms with Gasteiger partial charge in [-0.1, -0.05) is 6.07 Å². The molecule has 3 N–H and O–H groups in total. The predicted molar refractivity (Wildman–Crippen MR) is 79.2 cm³/mol. The summed E-state index contributed by atoms with van der Waals surface area (Å²) < 4.78 is 0. The monoisotopic (exact) mass is 281 g/mol. The standard InChI is InChI=1S/C14H23N3OS/c15-7-3-6-14(18)16-11-12(13-5-4-10-19-13)17-8-1-2-9-17/h4-5,10,12H,1-3,6-9,11,15H2,(H,16,18). The van der Waals surface area contributed by atoms with E-state index in [1.54, 1.807) is 11.3 Å². The van der Waals surface area contributed by atoms with Gasteiger partial charge in [-0.25, -0.2) is 0 Å². The second-order valence-electron chi connectivity index (χ2n) is 4.97. The van der Waals surface area contributed by atoms with Crippen molar-refractivity contribution < 1.29 is 4.79 Å². The maximum Gasteiger partial charge on any atom is 0.220 e. The van der Waals surface area contributed by atoms with Gasteiger partial charge in [-0.3, -0.25) is 9.69 Å². The largest absolute Gasteiger partial charge is 0.354 e. The van der Waals surface area contributed by atoms with Crippen LogP contribution >= 0.6 is 11.3 Å². The minimum Gasteiger partial charge on any atom is -0.354 e. The third-order valence-corrected chi connectivity index (χ3v) is 4.53. The molecule has 1 unspecified atom stereocenters. The fourth-order valence-corrected chi connectivity index (χ4v) is 3.37.